The molecule has 1 aliphatic carbocycles. The van der Waals surface area contributed by atoms with E-state index in [0.717, 1.165) is 5.56 Å². The number of alkyl carbamates (subject to hydrolysis) is 1. The number of aliphatic carboxylic acids is 1. The number of hydrogen-bond acceptors (Lipinski definition) is 9. The van der Waals surface area contributed by atoms with Crippen molar-refractivity contribution >= 4 is 47.1 Å². The van der Waals surface area contributed by atoms with E-state index in [-0.39, 0.29) is 25.3 Å². The summed E-state index contributed by atoms with van der Waals surface area (Å²) in [6.45, 7) is 14.2. The lowest BCUT2D eigenvalue weighted by atomic mass is 9.85. The highest BCUT2D eigenvalue weighted by molar-refractivity contribution is 5.96. The second kappa shape index (κ2) is 13.9. The van der Waals surface area contributed by atoms with E-state index < -0.39 is 64.5 Å². The summed E-state index contributed by atoms with van der Waals surface area (Å²) in [6.07, 6.45) is 7.13. The number of benzene rings is 1. The molecule has 1 saturated carbocycles. The van der Waals surface area contributed by atoms with Crippen LogP contribution in [0, 0.1) is 11.3 Å². The van der Waals surface area contributed by atoms with Crippen molar-refractivity contribution < 1.29 is 33.8 Å². The van der Waals surface area contributed by atoms with Crippen LogP contribution in [0.1, 0.15) is 65.6 Å². The van der Waals surface area contributed by atoms with Crippen molar-refractivity contribution in [2.24, 2.45) is 11.3 Å². The molecule has 0 radical (unpaired) electrons. The van der Waals surface area contributed by atoms with Crippen LogP contribution >= 0.6 is 0 Å². The maximum absolute atomic E-state index is 14.4. The molecule has 3 amide bonds. The first kappa shape index (κ1) is 36.0. The zero-order valence-corrected chi connectivity index (χ0v) is 29.2. The number of carbonyl (C=O) groups is 4. The van der Waals surface area contributed by atoms with Crippen LogP contribution in [0.15, 0.2) is 61.4 Å². The van der Waals surface area contributed by atoms with Gasteiger partial charge in [-0.15, -0.1) is 6.58 Å². The first-order valence-corrected chi connectivity index (χ1v) is 16.5. The lowest BCUT2D eigenvalue weighted by Gasteiger charge is -2.35. The highest BCUT2D eigenvalue weighted by Crippen LogP contribution is 2.45. The van der Waals surface area contributed by atoms with Crippen LogP contribution in [0.2, 0.25) is 0 Å². The summed E-state index contributed by atoms with van der Waals surface area (Å²) in [5.41, 5.74) is -0.636. The van der Waals surface area contributed by atoms with E-state index in [4.69, 9.17) is 19.4 Å². The van der Waals surface area contributed by atoms with Crippen LogP contribution in [-0.4, -0.2) is 84.7 Å². The van der Waals surface area contributed by atoms with Crippen molar-refractivity contribution in [1.29, 1.82) is 0 Å². The number of fused-ring (bicyclic) bond motifs is 1. The molecule has 0 spiro atoms. The minimum atomic E-state index is -1.52. The van der Waals surface area contributed by atoms with Gasteiger partial charge in [0, 0.05) is 24.7 Å². The monoisotopic (exact) mass is 684 g/mol. The second-order valence-electron chi connectivity index (χ2n) is 14.8. The third kappa shape index (κ3) is 8.10. The van der Waals surface area contributed by atoms with Crippen molar-refractivity contribution in [2.75, 3.05) is 6.54 Å². The van der Waals surface area contributed by atoms with Gasteiger partial charge in [-0.2, -0.15) is 0 Å². The Bertz CT molecular complexity index is 1820. The van der Waals surface area contributed by atoms with Gasteiger partial charge in [-0.05, 0) is 62.4 Å². The Hall–Kier alpha value is -5.33. The number of likely N-dealkylation sites (tertiary alicyclic amines) is 1. The Morgan fingerprint density at radius 1 is 1.04 bits per heavy atom. The fraction of sp³-hybridized carbons (Fsp3) is 0.432. The van der Waals surface area contributed by atoms with E-state index in [1.807, 2.05) is 36.4 Å². The van der Waals surface area contributed by atoms with Gasteiger partial charge in [-0.25, -0.2) is 19.6 Å². The average molecular weight is 685 g/mol. The van der Waals surface area contributed by atoms with Gasteiger partial charge in [0.15, 0.2) is 0 Å². The predicted molar refractivity (Wildman–Crippen MR) is 187 cm³/mol. The predicted octanol–water partition coefficient (Wildman–Crippen LogP) is 4.63. The highest BCUT2D eigenvalue weighted by atomic mass is 16.6. The summed E-state index contributed by atoms with van der Waals surface area (Å²) in [5.74, 6) is -2.65. The summed E-state index contributed by atoms with van der Waals surface area (Å²) in [6, 6.07) is 8.81. The number of carboxylic acid groups (broad SMARTS) is 1. The maximum Gasteiger partial charge on any atom is 0.408 e. The number of para-hydroxylation sites is 2. The van der Waals surface area contributed by atoms with Gasteiger partial charge in [0.2, 0.25) is 17.7 Å². The molecule has 5 rings (SSSR count). The Kier molecular flexibility index (Phi) is 9.99. The minimum absolute atomic E-state index is 0.0234. The number of pyridine rings is 1. The fourth-order valence-electron chi connectivity index (χ4n) is 5.93. The Labute approximate surface area is 291 Å². The van der Waals surface area contributed by atoms with Gasteiger partial charge in [0.25, 0.3) is 0 Å². The third-order valence-electron chi connectivity index (χ3n) is 8.61. The zero-order chi connectivity index (χ0) is 36.4. The molecule has 50 heavy (non-hydrogen) atoms. The number of nitrogens with zero attached hydrogens (tertiary/aromatic N) is 4. The number of aromatic nitrogens is 3. The van der Waals surface area contributed by atoms with Crippen LogP contribution in [0.5, 0.6) is 5.88 Å². The lowest BCUT2D eigenvalue weighted by molar-refractivity contribution is -0.146. The average Bonchev–Trinajstić information content (AvgIpc) is 3.61. The van der Waals surface area contributed by atoms with Crippen LogP contribution < -0.4 is 15.4 Å². The topological polar surface area (TPSA) is 173 Å². The van der Waals surface area contributed by atoms with Crippen LogP contribution in [0.25, 0.3) is 23.2 Å². The molecule has 2 aliphatic rings. The fourth-order valence-corrected chi connectivity index (χ4v) is 5.93. The number of carboxylic acids is 1. The van der Waals surface area contributed by atoms with Crippen molar-refractivity contribution in [3.05, 3.63) is 72.7 Å². The number of hydrogen-bond donors (Lipinski definition) is 3. The van der Waals surface area contributed by atoms with Gasteiger partial charge in [-0.1, -0.05) is 51.1 Å². The molecule has 5 atom stereocenters. The molecule has 3 heterocycles. The van der Waals surface area contributed by atoms with Crippen molar-refractivity contribution in [3.8, 4) is 5.88 Å². The summed E-state index contributed by atoms with van der Waals surface area (Å²) in [5, 5.41) is 15.4. The minimum Gasteiger partial charge on any atom is -0.479 e. The molecule has 0 bridgehead atoms. The van der Waals surface area contributed by atoms with Gasteiger partial charge in [-0.3, -0.25) is 14.6 Å². The maximum atomic E-state index is 14.4. The Balaban J connectivity index is 1.48. The quantitative estimate of drug-likeness (QED) is 0.256. The largest absolute Gasteiger partial charge is 0.479 e. The molecule has 13 nitrogen and oxygen atoms in total. The molecule has 2 fully saturated rings. The molecule has 1 unspecified atom stereocenters. The number of rotatable bonds is 10. The molecule has 1 saturated heterocycles. The van der Waals surface area contributed by atoms with E-state index in [9.17, 15) is 24.3 Å². The van der Waals surface area contributed by atoms with Gasteiger partial charge < -0.3 is 30.1 Å². The molecule has 1 aromatic carbocycles. The van der Waals surface area contributed by atoms with E-state index in [2.05, 4.69) is 22.2 Å². The van der Waals surface area contributed by atoms with E-state index in [1.54, 1.807) is 66.1 Å². The van der Waals surface area contributed by atoms with Crippen molar-refractivity contribution in [3.63, 3.8) is 0 Å². The number of amides is 3. The molecular formula is C37H44N6O7. The summed E-state index contributed by atoms with van der Waals surface area (Å²) in [7, 11) is 0. The summed E-state index contributed by atoms with van der Waals surface area (Å²) >= 11 is 0. The summed E-state index contributed by atoms with van der Waals surface area (Å²) < 4.78 is 11.9. The van der Waals surface area contributed by atoms with Gasteiger partial charge in [0.1, 0.15) is 35.0 Å². The zero-order valence-electron chi connectivity index (χ0n) is 29.2. The van der Waals surface area contributed by atoms with Crippen molar-refractivity contribution in [1.82, 2.24) is 30.5 Å². The lowest BCUT2D eigenvalue weighted by Crippen LogP contribution is -2.59. The molecular weight excluding hydrogens is 640 g/mol. The molecule has 2 aromatic heterocycles. The highest BCUT2D eigenvalue weighted by Gasteiger charge is 2.61. The first-order valence-electron chi connectivity index (χ1n) is 16.5. The molecule has 3 N–H and O–H groups in total. The molecule has 13 heteroatoms. The van der Waals surface area contributed by atoms with E-state index in [1.165, 1.54) is 11.0 Å². The standard InChI is InChI=1S/C37H44N6O7/c1-8-23-19-37(23,33(46)47)42-30(44)28-18-24(21-43(28)32(45)29(35(2,3)4)41-34(48)50-36(5,6)7)49-31-27(16-15-22-12-11-17-38-20-22)39-25-13-9-10-14-26(25)40-31/h8-17,20,23-24,28-29H,1,18-19,21H2,2-7H3,(H,41,48)(H,42,44)(H,46,47)/b16-15+/t23-,24-,28+,29-,37?/m1/s1. The number of ether oxygens (including phenoxy) is 2. The number of nitrogens with one attached hydrogen (secondary N) is 2. The van der Waals surface area contributed by atoms with Crippen LogP contribution in [-0.2, 0) is 19.1 Å². The smallest absolute Gasteiger partial charge is 0.408 e. The molecule has 3 aromatic rings. The van der Waals surface area contributed by atoms with Crippen molar-refractivity contribution in [2.45, 2.75) is 83.7 Å². The second-order valence-corrected chi connectivity index (χ2v) is 14.8. The van der Waals surface area contributed by atoms with Gasteiger partial charge >= 0.3 is 12.1 Å². The van der Waals surface area contributed by atoms with Crippen LogP contribution in [0.3, 0.4) is 0 Å². The van der Waals surface area contributed by atoms with Gasteiger partial charge in [0.05, 0.1) is 17.6 Å². The first-order chi connectivity index (χ1) is 23.5. The Morgan fingerprint density at radius 3 is 2.32 bits per heavy atom. The third-order valence-corrected chi connectivity index (χ3v) is 8.61. The summed E-state index contributed by atoms with van der Waals surface area (Å²) in [4.78, 5) is 68.5. The molecule has 264 valence electrons. The van der Waals surface area contributed by atoms with Crippen LogP contribution in [0.4, 0.5) is 4.79 Å². The SMILES string of the molecule is C=C[C@@H]1CC1(NC(=O)[C@@H]1C[C@@H](Oc2nc3ccccc3nc2/C=C/c2cccnc2)CN1C(=O)[C@@H](NC(=O)OC(C)(C)C)C(C)(C)C)C(=O)O. The Morgan fingerprint density at radius 2 is 1.74 bits per heavy atom. The van der Waals surface area contributed by atoms with E-state index in [0.29, 0.717) is 16.7 Å². The molecule has 1 aliphatic heterocycles. The normalized spacial score (nSPS) is 22.5. The number of carbonyl (C=O) groups excluding carboxylic acids is 3. The van der Waals surface area contributed by atoms with E-state index >= 15 is 0 Å².